The Bertz CT molecular complexity index is 561. The fourth-order valence-corrected chi connectivity index (χ4v) is 2.28. The molecule has 3 N–H and O–H groups in total. The summed E-state index contributed by atoms with van der Waals surface area (Å²) in [5.74, 6) is -0.733. The molecular weight excluding hydrogens is 333 g/mol. The number of benzene rings is 1. The maximum Gasteiger partial charge on any atom is 0.242 e. The minimum absolute atomic E-state index is 0. The van der Waals surface area contributed by atoms with Crippen LogP contribution in [-0.4, -0.2) is 35.3 Å². The van der Waals surface area contributed by atoms with Crippen LogP contribution in [0.3, 0.4) is 0 Å². The molecule has 2 amide bonds. The van der Waals surface area contributed by atoms with Gasteiger partial charge in [-0.3, -0.25) is 9.59 Å². The van der Waals surface area contributed by atoms with Gasteiger partial charge in [-0.15, -0.1) is 12.4 Å². The first-order chi connectivity index (χ1) is 10.9. The van der Waals surface area contributed by atoms with Crippen molar-refractivity contribution in [2.75, 3.05) is 6.54 Å². The molecule has 1 fully saturated rings. The molecule has 134 valence electrons. The number of hydrogen-bond acceptors (Lipinski definition) is 3. The van der Waals surface area contributed by atoms with Gasteiger partial charge in [0.25, 0.3) is 0 Å². The molecule has 1 aromatic carbocycles. The Labute approximate surface area is 148 Å². The predicted octanol–water partition coefficient (Wildman–Crippen LogP) is 1.84. The Morgan fingerprint density at radius 2 is 1.88 bits per heavy atom. The second kappa shape index (κ2) is 8.99. The van der Waals surface area contributed by atoms with Crippen LogP contribution in [0.1, 0.15) is 32.3 Å². The molecule has 0 saturated heterocycles. The van der Waals surface area contributed by atoms with E-state index < -0.39 is 6.04 Å². The first kappa shape index (κ1) is 20.4. The molecule has 1 aliphatic rings. The van der Waals surface area contributed by atoms with Crippen molar-refractivity contribution in [3.63, 3.8) is 0 Å². The van der Waals surface area contributed by atoms with E-state index in [0.29, 0.717) is 6.54 Å². The van der Waals surface area contributed by atoms with E-state index in [1.165, 1.54) is 12.1 Å². The van der Waals surface area contributed by atoms with Gasteiger partial charge in [0.05, 0.1) is 12.6 Å². The molecule has 0 bridgehead atoms. The summed E-state index contributed by atoms with van der Waals surface area (Å²) in [6.07, 6.45) is 1.93. The van der Waals surface area contributed by atoms with Gasteiger partial charge in [0.2, 0.25) is 11.8 Å². The minimum atomic E-state index is -0.616. The SMILES string of the molecule is CC(C)[C@H](N)C(=O)NCC(=O)N(Cc1ccc(F)cc1)C1CC1.Cl. The standard InChI is InChI=1S/C17H24FN3O2.ClH/c1-11(2)16(19)17(23)20-9-15(22)21(14-7-8-14)10-12-3-5-13(18)6-4-12;/h3-6,11,14,16H,7-10,19H2,1-2H3,(H,20,23);1H/t16-;/m0./s1. The van der Waals surface area contributed by atoms with Gasteiger partial charge in [0.1, 0.15) is 5.82 Å². The molecule has 0 spiro atoms. The van der Waals surface area contributed by atoms with Crippen LogP contribution < -0.4 is 11.1 Å². The van der Waals surface area contributed by atoms with Gasteiger partial charge in [-0.2, -0.15) is 0 Å². The minimum Gasteiger partial charge on any atom is -0.346 e. The summed E-state index contributed by atoms with van der Waals surface area (Å²) in [5, 5.41) is 2.61. The third-order valence-corrected chi connectivity index (χ3v) is 4.01. The molecule has 0 aromatic heterocycles. The molecule has 1 aliphatic carbocycles. The van der Waals surface area contributed by atoms with E-state index in [4.69, 9.17) is 5.73 Å². The average molecular weight is 358 g/mol. The van der Waals surface area contributed by atoms with Crippen molar-refractivity contribution in [2.24, 2.45) is 11.7 Å². The van der Waals surface area contributed by atoms with Crippen LogP contribution in [0.15, 0.2) is 24.3 Å². The molecule has 0 unspecified atom stereocenters. The maximum absolute atomic E-state index is 13.0. The molecule has 7 heteroatoms. The summed E-state index contributed by atoms with van der Waals surface area (Å²) in [7, 11) is 0. The van der Waals surface area contributed by atoms with Crippen molar-refractivity contribution >= 4 is 24.2 Å². The summed E-state index contributed by atoms with van der Waals surface area (Å²) in [6, 6.07) is 5.71. The molecule has 1 saturated carbocycles. The topological polar surface area (TPSA) is 75.4 Å². The van der Waals surface area contributed by atoms with E-state index in [9.17, 15) is 14.0 Å². The lowest BCUT2D eigenvalue weighted by Gasteiger charge is -2.23. The van der Waals surface area contributed by atoms with Crippen LogP contribution in [0, 0.1) is 11.7 Å². The highest BCUT2D eigenvalue weighted by atomic mass is 35.5. The summed E-state index contributed by atoms with van der Waals surface area (Å²) in [5.41, 5.74) is 6.63. The molecule has 0 aliphatic heterocycles. The Hall–Kier alpha value is -1.66. The zero-order valence-corrected chi connectivity index (χ0v) is 14.8. The first-order valence-corrected chi connectivity index (χ1v) is 7.95. The second-order valence-electron chi connectivity index (χ2n) is 6.37. The number of hydrogen-bond donors (Lipinski definition) is 2. The van der Waals surface area contributed by atoms with Gasteiger partial charge in [0.15, 0.2) is 0 Å². The van der Waals surface area contributed by atoms with Gasteiger partial charge in [-0.25, -0.2) is 4.39 Å². The lowest BCUT2D eigenvalue weighted by atomic mass is 10.1. The molecule has 0 heterocycles. The summed E-state index contributed by atoms with van der Waals surface area (Å²) >= 11 is 0. The number of nitrogens with two attached hydrogens (primary N) is 1. The zero-order chi connectivity index (χ0) is 17.0. The van der Waals surface area contributed by atoms with Crippen LogP contribution in [0.5, 0.6) is 0 Å². The van der Waals surface area contributed by atoms with Gasteiger partial charge >= 0.3 is 0 Å². The Balaban J connectivity index is 0.00000288. The highest BCUT2D eigenvalue weighted by Gasteiger charge is 2.32. The van der Waals surface area contributed by atoms with Crippen LogP contribution in [-0.2, 0) is 16.1 Å². The van der Waals surface area contributed by atoms with Crippen LogP contribution >= 0.6 is 12.4 Å². The van der Waals surface area contributed by atoms with E-state index in [1.807, 2.05) is 13.8 Å². The van der Waals surface area contributed by atoms with E-state index in [0.717, 1.165) is 18.4 Å². The lowest BCUT2D eigenvalue weighted by Crippen LogP contribution is -2.48. The normalized spacial score (nSPS) is 14.7. The number of halogens is 2. The fraction of sp³-hybridized carbons (Fsp3) is 0.529. The highest BCUT2D eigenvalue weighted by Crippen LogP contribution is 2.28. The van der Waals surface area contributed by atoms with Crippen molar-refractivity contribution in [1.29, 1.82) is 0 Å². The molecular formula is C17H25ClFN3O2. The van der Waals surface area contributed by atoms with Crippen molar-refractivity contribution in [2.45, 2.75) is 45.3 Å². The lowest BCUT2D eigenvalue weighted by molar-refractivity contribution is -0.134. The first-order valence-electron chi connectivity index (χ1n) is 7.95. The number of carbonyl (C=O) groups is 2. The molecule has 0 radical (unpaired) electrons. The van der Waals surface area contributed by atoms with Gasteiger partial charge < -0.3 is 16.0 Å². The van der Waals surface area contributed by atoms with Gasteiger partial charge in [-0.1, -0.05) is 26.0 Å². The summed E-state index contributed by atoms with van der Waals surface area (Å²) in [6.45, 7) is 4.08. The number of rotatable bonds is 7. The van der Waals surface area contributed by atoms with E-state index in [1.54, 1.807) is 17.0 Å². The van der Waals surface area contributed by atoms with E-state index in [-0.39, 0.29) is 48.5 Å². The number of nitrogens with zero attached hydrogens (tertiary/aromatic N) is 1. The third kappa shape index (κ3) is 5.76. The predicted molar refractivity (Wildman–Crippen MR) is 93.0 cm³/mol. The van der Waals surface area contributed by atoms with Gasteiger partial charge in [-0.05, 0) is 36.5 Å². The monoisotopic (exact) mass is 357 g/mol. The molecule has 1 atom stereocenters. The van der Waals surface area contributed by atoms with Crippen LogP contribution in [0.4, 0.5) is 4.39 Å². The smallest absolute Gasteiger partial charge is 0.242 e. The van der Waals surface area contributed by atoms with E-state index in [2.05, 4.69) is 5.32 Å². The number of amides is 2. The fourth-order valence-electron chi connectivity index (χ4n) is 2.28. The quantitative estimate of drug-likeness (QED) is 0.781. The van der Waals surface area contributed by atoms with Gasteiger partial charge in [0, 0.05) is 12.6 Å². The third-order valence-electron chi connectivity index (χ3n) is 4.01. The van der Waals surface area contributed by atoms with E-state index >= 15 is 0 Å². The highest BCUT2D eigenvalue weighted by molar-refractivity contribution is 5.87. The summed E-state index contributed by atoms with van der Waals surface area (Å²) in [4.78, 5) is 26.0. The number of nitrogens with one attached hydrogen (secondary N) is 1. The van der Waals surface area contributed by atoms with Crippen molar-refractivity contribution < 1.29 is 14.0 Å². The maximum atomic E-state index is 13.0. The van der Waals surface area contributed by atoms with Crippen LogP contribution in [0.2, 0.25) is 0 Å². The van der Waals surface area contributed by atoms with Crippen molar-refractivity contribution in [3.8, 4) is 0 Å². The average Bonchev–Trinajstić information content (AvgIpc) is 3.35. The van der Waals surface area contributed by atoms with Crippen molar-refractivity contribution in [3.05, 3.63) is 35.6 Å². The molecule has 2 rings (SSSR count). The zero-order valence-electron chi connectivity index (χ0n) is 14.0. The van der Waals surface area contributed by atoms with Crippen LogP contribution in [0.25, 0.3) is 0 Å². The Morgan fingerprint density at radius 1 is 1.29 bits per heavy atom. The molecule has 1 aromatic rings. The largest absolute Gasteiger partial charge is 0.346 e. The number of carbonyl (C=O) groups excluding carboxylic acids is 2. The molecule has 5 nitrogen and oxygen atoms in total. The Morgan fingerprint density at radius 3 is 2.38 bits per heavy atom. The van der Waals surface area contributed by atoms with Crippen molar-refractivity contribution in [1.82, 2.24) is 10.2 Å². The Kier molecular flexibility index (Phi) is 7.63. The summed E-state index contributed by atoms with van der Waals surface area (Å²) < 4.78 is 13.0. The second-order valence-corrected chi connectivity index (χ2v) is 6.37. The molecule has 24 heavy (non-hydrogen) atoms.